The smallest absolute Gasteiger partial charge is 0.0912 e. The lowest BCUT2D eigenvalue weighted by molar-refractivity contribution is 0.856. The van der Waals surface area contributed by atoms with Crippen LogP contribution in [0.4, 0.5) is 0 Å². The van der Waals surface area contributed by atoms with Gasteiger partial charge in [-0.3, -0.25) is 0 Å². The Morgan fingerprint density at radius 1 is 1.40 bits per heavy atom. The summed E-state index contributed by atoms with van der Waals surface area (Å²) in [7, 11) is 0. The number of rotatable bonds is 2. The third-order valence-corrected chi connectivity index (χ3v) is 2.60. The van der Waals surface area contributed by atoms with Crippen LogP contribution in [0.1, 0.15) is 36.5 Å². The highest BCUT2D eigenvalue weighted by Gasteiger charge is 2.08. The van der Waals surface area contributed by atoms with Crippen LogP contribution in [0.5, 0.6) is 0 Å². The molecule has 0 amide bonds. The van der Waals surface area contributed by atoms with Gasteiger partial charge >= 0.3 is 0 Å². The minimum absolute atomic E-state index is 0.423. The zero-order chi connectivity index (χ0) is 11.4. The largest absolute Gasteiger partial charge is 0.193 e. The van der Waals surface area contributed by atoms with E-state index in [1.165, 1.54) is 17.2 Å². The molecule has 0 bridgehead atoms. The van der Waals surface area contributed by atoms with Crippen molar-refractivity contribution in [3.05, 3.63) is 39.9 Å². The monoisotopic (exact) mass is 219 g/mol. The van der Waals surface area contributed by atoms with Crippen LogP contribution >= 0.6 is 11.6 Å². The van der Waals surface area contributed by atoms with E-state index in [1.807, 2.05) is 19.1 Å². The van der Waals surface area contributed by atoms with Crippen LogP contribution < -0.4 is 0 Å². The number of hydrogen-bond acceptors (Lipinski definition) is 1. The molecule has 0 aliphatic heterocycles. The normalized spacial score (nSPS) is 10.9. The van der Waals surface area contributed by atoms with Crippen molar-refractivity contribution in [3.8, 4) is 6.07 Å². The van der Waals surface area contributed by atoms with Crippen LogP contribution in [0.15, 0.2) is 18.2 Å². The summed E-state index contributed by atoms with van der Waals surface area (Å²) in [5.74, 6) is 0.423. The highest BCUT2D eigenvalue weighted by molar-refractivity contribution is 6.31. The van der Waals surface area contributed by atoms with Gasteiger partial charge in [0.2, 0.25) is 0 Å². The number of nitriles is 1. The second kappa shape index (κ2) is 5.00. The number of allylic oxidation sites excluding steroid dienone is 1. The van der Waals surface area contributed by atoms with Crippen LogP contribution in [-0.2, 0) is 0 Å². The maximum Gasteiger partial charge on any atom is 0.0912 e. The van der Waals surface area contributed by atoms with E-state index >= 15 is 0 Å². The Morgan fingerprint density at radius 2 is 2.07 bits per heavy atom. The van der Waals surface area contributed by atoms with Gasteiger partial charge in [-0.15, -0.1) is 0 Å². The van der Waals surface area contributed by atoms with Crippen molar-refractivity contribution in [1.82, 2.24) is 0 Å². The molecule has 1 aromatic rings. The lowest BCUT2D eigenvalue weighted by atomic mass is 9.96. The van der Waals surface area contributed by atoms with Crippen LogP contribution in [0.25, 0.3) is 6.08 Å². The van der Waals surface area contributed by atoms with Gasteiger partial charge in [0.1, 0.15) is 0 Å². The zero-order valence-corrected chi connectivity index (χ0v) is 9.97. The molecule has 0 atom stereocenters. The molecule has 0 radical (unpaired) electrons. The molecule has 0 aliphatic carbocycles. The highest BCUT2D eigenvalue weighted by Crippen LogP contribution is 2.29. The van der Waals surface area contributed by atoms with E-state index in [9.17, 15) is 0 Å². The van der Waals surface area contributed by atoms with E-state index in [1.54, 1.807) is 6.08 Å². The van der Waals surface area contributed by atoms with Crippen molar-refractivity contribution < 1.29 is 0 Å². The number of hydrogen-bond donors (Lipinski definition) is 0. The van der Waals surface area contributed by atoms with E-state index in [0.29, 0.717) is 5.92 Å². The summed E-state index contributed by atoms with van der Waals surface area (Å²) in [6, 6.07) is 5.92. The molecule has 0 saturated heterocycles. The Morgan fingerprint density at radius 3 is 2.53 bits per heavy atom. The van der Waals surface area contributed by atoms with Gasteiger partial charge in [-0.05, 0) is 41.7 Å². The fraction of sp³-hybridized carbons (Fsp3) is 0.308. The van der Waals surface area contributed by atoms with E-state index in [0.717, 1.165) is 10.6 Å². The molecule has 0 saturated carbocycles. The Kier molecular flexibility index (Phi) is 3.94. The zero-order valence-electron chi connectivity index (χ0n) is 9.21. The molecular weight excluding hydrogens is 206 g/mol. The minimum Gasteiger partial charge on any atom is -0.193 e. The molecule has 0 aromatic heterocycles. The van der Waals surface area contributed by atoms with Crippen LogP contribution in [0, 0.1) is 18.3 Å². The maximum absolute atomic E-state index is 8.44. The molecule has 0 heterocycles. The molecular formula is C13H14ClN. The van der Waals surface area contributed by atoms with Gasteiger partial charge < -0.3 is 0 Å². The maximum atomic E-state index is 8.44. The second-order valence-electron chi connectivity index (χ2n) is 3.85. The van der Waals surface area contributed by atoms with E-state index in [4.69, 9.17) is 16.9 Å². The fourth-order valence-electron chi connectivity index (χ4n) is 1.74. The summed E-state index contributed by atoms with van der Waals surface area (Å²) in [6.45, 7) is 6.29. The molecule has 0 N–H and O–H groups in total. The number of halogens is 1. The summed E-state index contributed by atoms with van der Waals surface area (Å²) < 4.78 is 0. The lowest BCUT2D eigenvalue weighted by Gasteiger charge is -2.12. The van der Waals surface area contributed by atoms with Gasteiger partial charge in [-0.1, -0.05) is 31.5 Å². The van der Waals surface area contributed by atoms with Gasteiger partial charge in [-0.2, -0.15) is 5.26 Å². The van der Waals surface area contributed by atoms with E-state index < -0.39 is 0 Å². The first-order chi connectivity index (χ1) is 7.06. The summed E-state index contributed by atoms with van der Waals surface area (Å²) >= 11 is 6.19. The van der Waals surface area contributed by atoms with E-state index in [2.05, 4.69) is 19.9 Å². The Hall–Kier alpha value is -1.26. The molecule has 0 aliphatic rings. The van der Waals surface area contributed by atoms with Crippen LogP contribution in [-0.4, -0.2) is 0 Å². The predicted molar refractivity (Wildman–Crippen MR) is 64.9 cm³/mol. The van der Waals surface area contributed by atoms with Crippen molar-refractivity contribution in [2.24, 2.45) is 0 Å². The predicted octanol–water partition coefficient (Wildman–Crippen LogP) is 4.31. The summed E-state index contributed by atoms with van der Waals surface area (Å²) in [4.78, 5) is 0. The molecule has 1 rings (SSSR count). The molecule has 2 heteroatoms. The first-order valence-electron chi connectivity index (χ1n) is 4.92. The number of nitrogens with zero attached hydrogens (tertiary/aromatic N) is 1. The van der Waals surface area contributed by atoms with Crippen molar-refractivity contribution in [2.75, 3.05) is 0 Å². The number of benzene rings is 1. The van der Waals surface area contributed by atoms with Crippen molar-refractivity contribution in [3.63, 3.8) is 0 Å². The average molecular weight is 220 g/mol. The van der Waals surface area contributed by atoms with Gasteiger partial charge in [0, 0.05) is 11.1 Å². The summed E-state index contributed by atoms with van der Waals surface area (Å²) in [6.07, 6.45) is 3.23. The molecule has 78 valence electrons. The van der Waals surface area contributed by atoms with Crippen molar-refractivity contribution >= 4 is 17.7 Å². The molecule has 1 aromatic carbocycles. The van der Waals surface area contributed by atoms with E-state index in [-0.39, 0.29) is 0 Å². The fourth-order valence-corrected chi connectivity index (χ4v) is 2.24. The van der Waals surface area contributed by atoms with Crippen LogP contribution in [0.3, 0.4) is 0 Å². The molecule has 0 unspecified atom stereocenters. The Balaban J connectivity index is 3.21. The van der Waals surface area contributed by atoms with Crippen LogP contribution in [0.2, 0.25) is 5.02 Å². The third kappa shape index (κ3) is 2.84. The topological polar surface area (TPSA) is 23.8 Å². The first kappa shape index (κ1) is 11.8. The number of aryl methyl sites for hydroxylation is 1. The Labute approximate surface area is 96.0 Å². The second-order valence-corrected chi connectivity index (χ2v) is 4.26. The minimum atomic E-state index is 0.423. The first-order valence-corrected chi connectivity index (χ1v) is 5.30. The third-order valence-electron chi connectivity index (χ3n) is 2.29. The van der Waals surface area contributed by atoms with Gasteiger partial charge in [0.25, 0.3) is 0 Å². The lowest BCUT2D eigenvalue weighted by Crippen LogP contribution is -1.94. The molecule has 0 fully saturated rings. The van der Waals surface area contributed by atoms with Gasteiger partial charge in [0.15, 0.2) is 0 Å². The molecule has 1 nitrogen and oxygen atoms in total. The average Bonchev–Trinajstić information content (AvgIpc) is 2.12. The standard InChI is InChI=1S/C13H14ClN/c1-9(2)13-10(3)7-11(5-4-6-15)8-12(13)14/h4-5,7-9H,1-3H3/b5-4+. The summed E-state index contributed by atoms with van der Waals surface area (Å²) in [5.41, 5.74) is 3.34. The quantitative estimate of drug-likeness (QED) is 0.680. The Bertz CT molecular complexity index is 402. The summed E-state index contributed by atoms with van der Waals surface area (Å²) in [5, 5.41) is 9.22. The van der Waals surface area contributed by atoms with Crippen molar-refractivity contribution in [2.45, 2.75) is 26.7 Å². The van der Waals surface area contributed by atoms with Gasteiger partial charge in [-0.25, -0.2) is 0 Å². The molecule has 15 heavy (non-hydrogen) atoms. The highest BCUT2D eigenvalue weighted by atomic mass is 35.5. The van der Waals surface area contributed by atoms with Gasteiger partial charge in [0.05, 0.1) is 6.07 Å². The molecule has 0 spiro atoms. The SMILES string of the molecule is Cc1cc(/C=C/C#N)cc(Cl)c1C(C)C. The van der Waals surface area contributed by atoms with Crippen molar-refractivity contribution in [1.29, 1.82) is 5.26 Å².